The maximum Gasteiger partial charge on any atom is 0.310 e. The van der Waals surface area contributed by atoms with Crippen LogP contribution in [0.15, 0.2) is 23.1 Å². The second-order valence-corrected chi connectivity index (χ2v) is 5.17. The smallest absolute Gasteiger partial charge is 0.310 e. The summed E-state index contributed by atoms with van der Waals surface area (Å²) in [6, 6.07) is 1.05. The lowest BCUT2D eigenvalue weighted by atomic mass is 10.3. The van der Waals surface area contributed by atoms with Crippen LogP contribution in [-0.2, 0) is 0 Å². The molecule has 2 nitrogen and oxygen atoms in total. The van der Waals surface area contributed by atoms with Gasteiger partial charge in [0.05, 0.1) is 11.4 Å². The number of hydrogen-bond acceptors (Lipinski definition) is 2. The van der Waals surface area contributed by atoms with Gasteiger partial charge >= 0.3 is 10.2 Å². The molecule has 0 bridgehead atoms. The number of anilines is 2. The largest absolute Gasteiger partial charge is 0.397 e. The summed E-state index contributed by atoms with van der Waals surface area (Å²) in [6.07, 6.45) is 0. The van der Waals surface area contributed by atoms with Crippen molar-refractivity contribution in [1.82, 2.24) is 0 Å². The molecule has 1 aromatic rings. The fourth-order valence-corrected chi connectivity index (χ4v) is 1.47. The zero-order chi connectivity index (χ0) is 11.3. The zero-order valence-corrected chi connectivity index (χ0v) is 7.50. The van der Waals surface area contributed by atoms with Crippen molar-refractivity contribution in [1.29, 1.82) is 0 Å². The maximum atomic E-state index is 12.2. The van der Waals surface area contributed by atoms with Gasteiger partial charge in [-0.1, -0.05) is 19.4 Å². The van der Waals surface area contributed by atoms with Crippen LogP contribution in [0.1, 0.15) is 0 Å². The van der Waals surface area contributed by atoms with Gasteiger partial charge < -0.3 is 11.5 Å². The van der Waals surface area contributed by atoms with Gasteiger partial charge in [0, 0.05) is 0 Å². The fourth-order valence-electron chi connectivity index (χ4n) is 0.793. The van der Waals surface area contributed by atoms with Gasteiger partial charge in [0.1, 0.15) is 4.90 Å². The summed E-state index contributed by atoms with van der Waals surface area (Å²) in [6.45, 7) is 0. The Kier molecular flexibility index (Phi) is 1.62. The molecule has 0 atom stereocenters. The zero-order valence-electron chi connectivity index (χ0n) is 6.68. The second kappa shape index (κ2) is 2.08. The van der Waals surface area contributed by atoms with Crippen molar-refractivity contribution in [2.75, 3.05) is 11.5 Å². The molecule has 1 rings (SSSR count). The van der Waals surface area contributed by atoms with E-state index in [1.165, 1.54) is 0 Å². The van der Waals surface area contributed by atoms with Gasteiger partial charge in [-0.2, -0.15) is 0 Å². The topological polar surface area (TPSA) is 52.0 Å². The highest BCUT2D eigenvalue weighted by molar-refractivity contribution is 8.45. The normalized spacial score (nSPS) is 17.2. The molecule has 0 spiro atoms. The summed E-state index contributed by atoms with van der Waals surface area (Å²) in [7, 11) is -9.62. The van der Waals surface area contributed by atoms with E-state index in [0.717, 1.165) is 0 Å². The van der Waals surface area contributed by atoms with Crippen LogP contribution in [-0.4, -0.2) is 0 Å². The Balaban J connectivity index is 3.45. The lowest BCUT2D eigenvalue weighted by Gasteiger charge is -2.40. The fraction of sp³-hybridized carbons (Fsp3) is 0. The highest BCUT2D eigenvalue weighted by atomic mass is 32.5. The van der Waals surface area contributed by atoms with Crippen molar-refractivity contribution in [3.05, 3.63) is 18.2 Å². The molecule has 4 N–H and O–H groups in total. The van der Waals surface area contributed by atoms with E-state index < -0.39 is 20.8 Å². The molecule has 0 fully saturated rings. The van der Waals surface area contributed by atoms with Crippen LogP contribution in [0.25, 0.3) is 0 Å². The van der Waals surface area contributed by atoms with E-state index in [4.69, 9.17) is 11.5 Å². The molecule has 0 aliphatic heterocycles. The minimum Gasteiger partial charge on any atom is -0.397 e. The van der Waals surface area contributed by atoms with Gasteiger partial charge in [-0.25, -0.2) is 0 Å². The minimum atomic E-state index is -9.62. The number of nitrogen functional groups attached to an aromatic ring is 2. The predicted molar refractivity (Wildman–Crippen MR) is 46.7 cm³/mol. The third kappa shape index (κ3) is 2.19. The van der Waals surface area contributed by atoms with Crippen molar-refractivity contribution in [3.8, 4) is 0 Å². The Hall–Kier alpha value is -1.18. The van der Waals surface area contributed by atoms with Crippen molar-refractivity contribution in [2.45, 2.75) is 4.90 Å². The summed E-state index contributed by atoms with van der Waals surface area (Å²) in [5.41, 5.74) is 9.40. The minimum absolute atomic E-state index is 0.136. The standard InChI is InChI=1S/C6H7F5N2S/c7-14(8,9,10,11)4-1-2-5(12)6(13)3-4/h1-3H,12-13H2. The lowest BCUT2D eigenvalue weighted by Crippen LogP contribution is -2.07. The van der Waals surface area contributed by atoms with E-state index >= 15 is 0 Å². The predicted octanol–water partition coefficient (Wildman–Crippen LogP) is 3.51. The summed E-state index contributed by atoms with van der Waals surface area (Å²) < 4.78 is 60.8. The molecule has 0 aliphatic carbocycles. The Labute approximate surface area is 76.4 Å². The number of hydrogen-bond donors (Lipinski definition) is 2. The molecule has 0 aliphatic rings. The first-order chi connectivity index (χ1) is 5.90. The van der Waals surface area contributed by atoms with Crippen LogP contribution in [0.3, 0.4) is 0 Å². The van der Waals surface area contributed by atoms with Gasteiger partial charge in [0.15, 0.2) is 0 Å². The third-order valence-electron chi connectivity index (χ3n) is 1.50. The van der Waals surface area contributed by atoms with Crippen LogP contribution in [0.5, 0.6) is 0 Å². The van der Waals surface area contributed by atoms with Crippen molar-refractivity contribution < 1.29 is 19.4 Å². The molecule has 82 valence electrons. The second-order valence-electron chi connectivity index (χ2n) is 2.76. The SMILES string of the molecule is Nc1ccc(S(F)(F)(F)(F)F)cc1N. The molecule has 14 heavy (non-hydrogen) atoms. The summed E-state index contributed by atoms with van der Waals surface area (Å²) in [4.78, 5) is -2.03. The summed E-state index contributed by atoms with van der Waals surface area (Å²) >= 11 is 0. The van der Waals surface area contributed by atoms with Crippen molar-refractivity contribution >= 4 is 21.6 Å². The molecule has 0 amide bonds. The molecule has 0 unspecified atom stereocenters. The Morgan fingerprint density at radius 2 is 1.36 bits per heavy atom. The number of nitrogens with two attached hydrogens (primary N) is 2. The van der Waals surface area contributed by atoms with E-state index in [2.05, 4.69) is 0 Å². The van der Waals surface area contributed by atoms with Gasteiger partial charge in [0.2, 0.25) is 0 Å². The molecule has 1 aromatic carbocycles. The number of rotatable bonds is 1. The van der Waals surface area contributed by atoms with Crippen LogP contribution >= 0.6 is 10.2 Å². The van der Waals surface area contributed by atoms with Crippen molar-refractivity contribution in [2.24, 2.45) is 0 Å². The van der Waals surface area contributed by atoms with Crippen LogP contribution in [0, 0.1) is 0 Å². The summed E-state index contributed by atoms with van der Waals surface area (Å²) in [5.74, 6) is 0. The molecular formula is C6H7F5N2S. The van der Waals surface area contributed by atoms with Crippen LogP contribution in [0.2, 0.25) is 0 Å². The van der Waals surface area contributed by atoms with Gasteiger partial charge in [-0.3, -0.25) is 0 Å². The van der Waals surface area contributed by atoms with E-state index in [0.29, 0.717) is 6.07 Å². The first-order valence-corrected chi connectivity index (χ1v) is 5.24. The average Bonchev–Trinajstić information content (AvgIpc) is 1.89. The molecular weight excluding hydrogens is 227 g/mol. The third-order valence-corrected chi connectivity index (χ3v) is 2.65. The van der Waals surface area contributed by atoms with Crippen molar-refractivity contribution in [3.63, 3.8) is 0 Å². The molecule has 8 heteroatoms. The van der Waals surface area contributed by atoms with E-state index in [1.54, 1.807) is 0 Å². The summed E-state index contributed by atoms with van der Waals surface area (Å²) in [5, 5.41) is 0. The highest BCUT2D eigenvalue weighted by Crippen LogP contribution is 3.02. The highest BCUT2D eigenvalue weighted by Gasteiger charge is 2.65. The Bertz CT molecular complexity index is 384. The number of benzene rings is 1. The first-order valence-electron chi connectivity index (χ1n) is 3.29. The van der Waals surface area contributed by atoms with E-state index in [1.807, 2.05) is 0 Å². The van der Waals surface area contributed by atoms with Gasteiger partial charge in [-0.15, -0.1) is 0 Å². The van der Waals surface area contributed by atoms with Gasteiger partial charge in [0.25, 0.3) is 0 Å². The molecule has 0 aromatic heterocycles. The average molecular weight is 234 g/mol. The van der Waals surface area contributed by atoms with E-state index in [-0.39, 0.29) is 17.8 Å². The monoisotopic (exact) mass is 234 g/mol. The Morgan fingerprint density at radius 1 is 0.857 bits per heavy atom. The molecule has 0 saturated carbocycles. The van der Waals surface area contributed by atoms with Crippen LogP contribution in [0.4, 0.5) is 30.8 Å². The van der Waals surface area contributed by atoms with E-state index in [9.17, 15) is 19.4 Å². The first kappa shape index (κ1) is 10.9. The maximum absolute atomic E-state index is 12.2. The molecule has 0 saturated heterocycles. The molecule has 0 heterocycles. The van der Waals surface area contributed by atoms with Gasteiger partial charge in [-0.05, 0) is 18.2 Å². The van der Waals surface area contributed by atoms with Crippen LogP contribution < -0.4 is 11.5 Å². The molecule has 0 radical (unpaired) electrons. The number of halogens is 5. The Morgan fingerprint density at radius 3 is 1.71 bits per heavy atom. The quantitative estimate of drug-likeness (QED) is 0.577. The lowest BCUT2D eigenvalue weighted by molar-refractivity contribution is 0.364.